The Kier molecular flexibility index (Phi) is 3.63. The van der Waals surface area contributed by atoms with Gasteiger partial charge in [-0.1, -0.05) is 0 Å². The number of amides is 1. The van der Waals surface area contributed by atoms with E-state index in [1.807, 2.05) is 18.7 Å². The van der Waals surface area contributed by atoms with Crippen LogP contribution in [0.4, 0.5) is 0 Å². The van der Waals surface area contributed by atoms with Gasteiger partial charge in [0.2, 0.25) is 5.91 Å². The number of nitrogens with one attached hydrogen (secondary N) is 1. The van der Waals surface area contributed by atoms with E-state index in [-0.39, 0.29) is 18.1 Å². The van der Waals surface area contributed by atoms with Crippen molar-refractivity contribution in [3.63, 3.8) is 0 Å². The summed E-state index contributed by atoms with van der Waals surface area (Å²) in [5.41, 5.74) is 1.23. The summed E-state index contributed by atoms with van der Waals surface area (Å²) in [6.07, 6.45) is 2.35. The molecular weight excluding hydrogens is 264 g/mol. The Bertz CT molecular complexity index is 415. The van der Waals surface area contributed by atoms with E-state index in [1.165, 1.54) is 17.1 Å². The van der Waals surface area contributed by atoms with Gasteiger partial charge in [0, 0.05) is 6.04 Å². The largest absolute Gasteiger partial charge is 0.318 e. The fourth-order valence-corrected chi connectivity index (χ4v) is 4.54. The van der Waals surface area contributed by atoms with E-state index >= 15 is 0 Å². The number of thioether (sulfide) groups is 1. The number of rotatable bonds is 2. The molecular formula is C13H18N2OS2. The average molecular weight is 282 g/mol. The monoisotopic (exact) mass is 282 g/mol. The molecule has 1 aromatic rings. The van der Waals surface area contributed by atoms with Gasteiger partial charge in [0.25, 0.3) is 0 Å². The third kappa shape index (κ3) is 2.19. The van der Waals surface area contributed by atoms with Gasteiger partial charge < -0.3 is 4.90 Å². The third-order valence-electron chi connectivity index (χ3n) is 3.75. The van der Waals surface area contributed by atoms with Crippen LogP contribution in [0, 0.1) is 0 Å². The van der Waals surface area contributed by atoms with Crippen molar-refractivity contribution in [2.24, 2.45) is 0 Å². The average Bonchev–Trinajstić information content (AvgIpc) is 3.00. The molecule has 98 valence electrons. The first-order chi connectivity index (χ1) is 8.77. The fraction of sp³-hybridized carbons (Fsp3) is 0.615. The van der Waals surface area contributed by atoms with Crippen LogP contribution in [0.15, 0.2) is 16.8 Å². The lowest BCUT2D eigenvalue weighted by Crippen LogP contribution is -2.41. The van der Waals surface area contributed by atoms with Gasteiger partial charge in [-0.05, 0) is 53.7 Å². The van der Waals surface area contributed by atoms with E-state index < -0.39 is 0 Å². The van der Waals surface area contributed by atoms with Crippen molar-refractivity contribution in [2.45, 2.75) is 38.0 Å². The highest BCUT2D eigenvalue weighted by Gasteiger charge is 2.41. The maximum Gasteiger partial charge on any atom is 0.241 e. The van der Waals surface area contributed by atoms with Crippen molar-refractivity contribution in [2.75, 3.05) is 11.5 Å². The van der Waals surface area contributed by atoms with Gasteiger partial charge >= 0.3 is 0 Å². The molecule has 1 N–H and O–H groups in total. The molecule has 1 amide bonds. The zero-order valence-electron chi connectivity index (χ0n) is 10.5. The minimum absolute atomic E-state index is 0.0514. The third-order valence-corrected chi connectivity index (χ3v) is 5.50. The molecule has 0 bridgehead atoms. The van der Waals surface area contributed by atoms with Crippen LogP contribution >= 0.6 is 23.1 Å². The second-order valence-electron chi connectivity index (χ2n) is 4.94. The summed E-state index contributed by atoms with van der Waals surface area (Å²) >= 11 is 3.70. The van der Waals surface area contributed by atoms with Crippen LogP contribution in [0.25, 0.3) is 0 Å². The number of thiophene rings is 1. The van der Waals surface area contributed by atoms with E-state index in [9.17, 15) is 4.79 Å². The molecule has 0 aromatic carbocycles. The Morgan fingerprint density at radius 2 is 2.17 bits per heavy atom. The number of hydrogen-bond acceptors (Lipinski definition) is 4. The van der Waals surface area contributed by atoms with Crippen molar-refractivity contribution in [1.29, 1.82) is 0 Å². The maximum atomic E-state index is 12.4. The van der Waals surface area contributed by atoms with Gasteiger partial charge in [-0.25, -0.2) is 0 Å². The van der Waals surface area contributed by atoms with Crippen molar-refractivity contribution in [3.05, 3.63) is 22.4 Å². The van der Waals surface area contributed by atoms with Crippen LogP contribution in [0.3, 0.4) is 0 Å². The number of carbonyl (C=O) groups excluding carboxylic acids is 1. The van der Waals surface area contributed by atoms with Crippen LogP contribution in [0.2, 0.25) is 0 Å². The molecule has 3 rings (SSSR count). The molecule has 2 aliphatic rings. The second kappa shape index (κ2) is 5.23. The van der Waals surface area contributed by atoms with Gasteiger partial charge in [0.05, 0.1) is 6.04 Å². The van der Waals surface area contributed by atoms with E-state index in [1.54, 1.807) is 11.3 Å². The van der Waals surface area contributed by atoms with Crippen molar-refractivity contribution < 1.29 is 4.79 Å². The second-order valence-corrected chi connectivity index (χ2v) is 6.94. The summed E-state index contributed by atoms with van der Waals surface area (Å²) in [5.74, 6) is 2.63. The van der Waals surface area contributed by atoms with Gasteiger partial charge in [-0.3, -0.25) is 10.1 Å². The molecule has 3 heterocycles. The molecule has 3 nitrogen and oxygen atoms in total. The molecule has 2 unspecified atom stereocenters. The standard InChI is InChI=1S/C13H18N2OS2/c1-9-13(16)15(11-3-6-17-7-4-11)12(14-9)10-2-5-18-8-10/h2,5,8-9,11-12,14H,3-4,6-7H2,1H3. The SMILES string of the molecule is CC1NC(c2ccsc2)N(C2CCSCC2)C1=O. The Morgan fingerprint density at radius 1 is 1.39 bits per heavy atom. The zero-order valence-corrected chi connectivity index (χ0v) is 12.1. The summed E-state index contributed by atoms with van der Waals surface area (Å²) in [5, 5.41) is 7.66. The lowest BCUT2D eigenvalue weighted by atomic mass is 10.1. The highest BCUT2D eigenvalue weighted by molar-refractivity contribution is 7.99. The highest BCUT2D eigenvalue weighted by atomic mass is 32.2. The number of nitrogens with zero attached hydrogens (tertiary/aromatic N) is 1. The normalized spacial score (nSPS) is 30.1. The smallest absolute Gasteiger partial charge is 0.241 e. The Labute approximate surface area is 116 Å². The predicted molar refractivity (Wildman–Crippen MR) is 76.9 cm³/mol. The van der Waals surface area contributed by atoms with Crippen LogP contribution in [0.1, 0.15) is 31.5 Å². The molecule has 18 heavy (non-hydrogen) atoms. The van der Waals surface area contributed by atoms with Crippen LogP contribution in [0.5, 0.6) is 0 Å². The first kappa shape index (κ1) is 12.5. The zero-order chi connectivity index (χ0) is 12.5. The number of carbonyl (C=O) groups is 1. The lowest BCUT2D eigenvalue weighted by molar-refractivity contribution is -0.132. The Hall–Kier alpha value is -0.520. The summed E-state index contributed by atoms with van der Waals surface area (Å²) in [6, 6.07) is 2.49. The van der Waals surface area contributed by atoms with Crippen molar-refractivity contribution in [3.8, 4) is 0 Å². The van der Waals surface area contributed by atoms with Gasteiger partial charge in [-0.2, -0.15) is 23.1 Å². The van der Waals surface area contributed by atoms with E-state index in [4.69, 9.17) is 0 Å². The molecule has 2 aliphatic heterocycles. The molecule has 0 aliphatic carbocycles. The molecule has 0 saturated carbocycles. The molecule has 1 aromatic heterocycles. The first-order valence-electron chi connectivity index (χ1n) is 6.45. The minimum Gasteiger partial charge on any atom is -0.318 e. The molecule has 0 spiro atoms. The first-order valence-corrected chi connectivity index (χ1v) is 8.55. The fourth-order valence-electron chi connectivity index (χ4n) is 2.78. The number of hydrogen-bond donors (Lipinski definition) is 1. The summed E-state index contributed by atoms with van der Waals surface area (Å²) in [7, 11) is 0. The van der Waals surface area contributed by atoms with Crippen molar-refractivity contribution in [1.82, 2.24) is 10.2 Å². The van der Waals surface area contributed by atoms with Gasteiger partial charge in [-0.15, -0.1) is 0 Å². The Balaban J connectivity index is 1.85. The van der Waals surface area contributed by atoms with Gasteiger partial charge in [0.15, 0.2) is 0 Å². The van der Waals surface area contributed by atoms with Crippen LogP contribution < -0.4 is 5.32 Å². The Morgan fingerprint density at radius 3 is 2.83 bits per heavy atom. The quantitative estimate of drug-likeness (QED) is 0.904. The summed E-state index contributed by atoms with van der Waals surface area (Å²) in [6.45, 7) is 1.97. The molecule has 0 radical (unpaired) electrons. The predicted octanol–water partition coefficient (Wildman–Crippen LogP) is 2.46. The molecule has 2 saturated heterocycles. The molecule has 2 fully saturated rings. The van der Waals surface area contributed by atoms with E-state index in [0.29, 0.717) is 6.04 Å². The van der Waals surface area contributed by atoms with Crippen LogP contribution in [-0.4, -0.2) is 34.4 Å². The summed E-state index contributed by atoms with van der Waals surface area (Å²) < 4.78 is 0. The van der Waals surface area contributed by atoms with Gasteiger partial charge in [0.1, 0.15) is 6.17 Å². The van der Waals surface area contributed by atoms with Crippen molar-refractivity contribution >= 4 is 29.0 Å². The maximum absolute atomic E-state index is 12.4. The van der Waals surface area contributed by atoms with Crippen LogP contribution in [-0.2, 0) is 4.79 Å². The van der Waals surface area contributed by atoms with E-state index in [0.717, 1.165) is 12.8 Å². The lowest BCUT2D eigenvalue weighted by Gasteiger charge is -2.34. The minimum atomic E-state index is -0.0514. The topological polar surface area (TPSA) is 32.3 Å². The molecule has 2 atom stereocenters. The molecule has 5 heteroatoms. The summed E-state index contributed by atoms with van der Waals surface area (Å²) in [4.78, 5) is 14.5. The highest BCUT2D eigenvalue weighted by Crippen LogP contribution is 2.33. The van der Waals surface area contributed by atoms with E-state index in [2.05, 4.69) is 27.0 Å².